The molecule has 0 unspecified atom stereocenters. The van der Waals surface area contributed by atoms with Crippen molar-refractivity contribution in [1.29, 1.82) is 0 Å². The summed E-state index contributed by atoms with van der Waals surface area (Å²) in [6, 6.07) is 7.48. The molecule has 18 heavy (non-hydrogen) atoms. The zero-order valence-corrected chi connectivity index (χ0v) is 10.6. The predicted molar refractivity (Wildman–Crippen MR) is 68.5 cm³/mol. The molecule has 0 fully saturated rings. The molecule has 1 aliphatic carbocycles. The highest BCUT2D eigenvalue weighted by Gasteiger charge is 2.27. The van der Waals surface area contributed by atoms with E-state index >= 15 is 0 Å². The van der Waals surface area contributed by atoms with E-state index in [1.165, 1.54) is 6.92 Å². The van der Waals surface area contributed by atoms with Crippen LogP contribution in [-0.4, -0.2) is 11.8 Å². The quantitative estimate of drug-likeness (QED) is 0.593. The van der Waals surface area contributed by atoms with Crippen molar-refractivity contribution in [2.75, 3.05) is 0 Å². The van der Waals surface area contributed by atoms with Crippen molar-refractivity contribution in [3.8, 4) is 5.75 Å². The van der Waals surface area contributed by atoms with Crippen LogP contribution in [0.15, 0.2) is 36.4 Å². The van der Waals surface area contributed by atoms with Crippen molar-refractivity contribution in [3.63, 3.8) is 0 Å². The first-order valence-electron chi connectivity index (χ1n) is 6.01. The third-order valence-corrected chi connectivity index (χ3v) is 3.28. The highest BCUT2D eigenvalue weighted by molar-refractivity contribution is 5.91. The fourth-order valence-electron chi connectivity index (χ4n) is 2.15. The molecule has 0 aliphatic heterocycles. The molecule has 0 saturated heterocycles. The molecule has 94 valence electrons. The lowest BCUT2D eigenvalue weighted by Gasteiger charge is -2.29. The first-order chi connectivity index (χ1) is 8.49. The van der Waals surface area contributed by atoms with Gasteiger partial charge in [0.15, 0.2) is 5.78 Å². The zero-order chi connectivity index (χ0) is 13.2. The van der Waals surface area contributed by atoms with Crippen LogP contribution >= 0.6 is 0 Å². The third-order valence-electron chi connectivity index (χ3n) is 3.28. The summed E-state index contributed by atoms with van der Waals surface area (Å²) in [5.41, 5.74) is 0.898. The van der Waals surface area contributed by atoms with Crippen LogP contribution in [0.5, 0.6) is 5.75 Å². The summed E-state index contributed by atoms with van der Waals surface area (Å²) in [5.74, 6) is 0.391. The average molecular weight is 244 g/mol. The van der Waals surface area contributed by atoms with Crippen molar-refractivity contribution < 1.29 is 14.3 Å². The van der Waals surface area contributed by atoms with Gasteiger partial charge in [0, 0.05) is 18.8 Å². The minimum Gasteiger partial charge on any atom is -0.427 e. The van der Waals surface area contributed by atoms with Crippen molar-refractivity contribution in [2.24, 2.45) is 0 Å². The molecule has 0 amide bonds. The summed E-state index contributed by atoms with van der Waals surface area (Å²) in [5, 5.41) is 0. The van der Waals surface area contributed by atoms with E-state index in [1.54, 1.807) is 12.1 Å². The van der Waals surface area contributed by atoms with Crippen LogP contribution in [-0.2, 0) is 15.0 Å². The monoisotopic (exact) mass is 244 g/mol. The Balaban J connectivity index is 2.30. The fraction of sp³-hybridized carbons (Fsp3) is 0.333. The smallest absolute Gasteiger partial charge is 0.308 e. The molecule has 1 atom stereocenters. The average Bonchev–Trinajstić information content (AvgIpc) is 2.33. The Bertz CT molecular complexity index is 516. The predicted octanol–water partition coefficient (Wildman–Crippen LogP) is 2.79. The van der Waals surface area contributed by atoms with Crippen molar-refractivity contribution in [1.82, 2.24) is 0 Å². The Morgan fingerprint density at radius 1 is 1.39 bits per heavy atom. The van der Waals surface area contributed by atoms with Gasteiger partial charge in [0.1, 0.15) is 5.75 Å². The number of esters is 1. The van der Waals surface area contributed by atoms with Crippen LogP contribution < -0.4 is 4.74 Å². The number of carbonyl (C=O) groups excluding carboxylic acids is 2. The molecular formula is C15H16O3. The van der Waals surface area contributed by atoms with Gasteiger partial charge in [0.25, 0.3) is 0 Å². The van der Waals surface area contributed by atoms with Gasteiger partial charge in [-0.2, -0.15) is 0 Å². The van der Waals surface area contributed by atoms with Gasteiger partial charge in [-0.15, -0.1) is 0 Å². The summed E-state index contributed by atoms with van der Waals surface area (Å²) >= 11 is 0. The van der Waals surface area contributed by atoms with E-state index in [2.05, 4.69) is 6.92 Å². The van der Waals surface area contributed by atoms with Gasteiger partial charge >= 0.3 is 5.97 Å². The number of ketones is 1. The number of hydrogen-bond donors (Lipinski definition) is 0. The Morgan fingerprint density at radius 3 is 2.78 bits per heavy atom. The molecule has 0 bridgehead atoms. The molecule has 0 spiro atoms. The molecule has 3 nitrogen and oxygen atoms in total. The van der Waals surface area contributed by atoms with Crippen LogP contribution in [0.4, 0.5) is 0 Å². The van der Waals surface area contributed by atoms with Crippen LogP contribution in [0.25, 0.3) is 0 Å². The van der Waals surface area contributed by atoms with E-state index < -0.39 is 0 Å². The van der Waals surface area contributed by atoms with E-state index in [0.29, 0.717) is 12.2 Å². The number of benzene rings is 1. The lowest BCUT2D eigenvalue weighted by molar-refractivity contribution is -0.131. The zero-order valence-electron chi connectivity index (χ0n) is 10.6. The third kappa shape index (κ3) is 2.67. The first-order valence-corrected chi connectivity index (χ1v) is 6.01. The molecule has 1 aliphatic rings. The second kappa shape index (κ2) is 4.77. The van der Waals surface area contributed by atoms with Gasteiger partial charge < -0.3 is 4.74 Å². The summed E-state index contributed by atoms with van der Waals surface area (Å²) in [6.45, 7) is 3.47. The number of carbonyl (C=O) groups is 2. The Kier molecular flexibility index (Phi) is 3.32. The minimum atomic E-state index is -0.327. The summed E-state index contributed by atoms with van der Waals surface area (Å²) in [6.07, 6.45) is 4.92. The van der Waals surface area contributed by atoms with Gasteiger partial charge in [-0.1, -0.05) is 25.1 Å². The lowest BCUT2D eigenvalue weighted by Crippen LogP contribution is -2.24. The fourth-order valence-corrected chi connectivity index (χ4v) is 2.15. The Labute approximate surface area is 106 Å². The molecule has 2 rings (SSSR count). The van der Waals surface area contributed by atoms with Gasteiger partial charge in [-0.05, 0) is 30.2 Å². The number of hydrogen-bond acceptors (Lipinski definition) is 3. The van der Waals surface area contributed by atoms with E-state index in [0.717, 1.165) is 12.0 Å². The van der Waals surface area contributed by atoms with Crippen LogP contribution in [0.2, 0.25) is 0 Å². The van der Waals surface area contributed by atoms with Crippen LogP contribution in [0.1, 0.15) is 32.3 Å². The van der Waals surface area contributed by atoms with Gasteiger partial charge in [-0.25, -0.2) is 0 Å². The maximum absolute atomic E-state index is 11.2. The van der Waals surface area contributed by atoms with E-state index in [9.17, 15) is 9.59 Å². The number of allylic oxidation sites excluding steroid dienone is 2. The topological polar surface area (TPSA) is 43.4 Å². The first kappa shape index (κ1) is 12.6. The second-order valence-corrected chi connectivity index (χ2v) is 4.84. The van der Waals surface area contributed by atoms with E-state index in [-0.39, 0.29) is 17.2 Å². The maximum Gasteiger partial charge on any atom is 0.308 e. The molecule has 1 aromatic rings. The van der Waals surface area contributed by atoms with E-state index in [4.69, 9.17) is 4.74 Å². The Morgan fingerprint density at radius 2 is 2.17 bits per heavy atom. The second-order valence-electron chi connectivity index (χ2n) is 4.84. The highest BCUT2D eigenvalue weighted by Crippen LogP contribution is 2.35. The van der Waals surface area contributed by atoms with Gasteiger partial charge in [0.2, 0.25) is 0 Å². The molecule has 0 aromatic heterocycles. The molecule has 0 N–H and O–H groups in total. The summed E-state index contributed by atoms with van der Waals surface area (Å²) in [4.78, 5) is 22.2. The standard InChI is InChI=1S/C15H16O3/c1-11(16)18-14-5-3-4-12(10-14)15(2)8-6-13(17)7-9-15/h3-6,8,10H,7,9H2,1-2H3/t15-/m0/s1. The molecule has 0 radical (unpaired) electrons. The number of ether oxygens (including phenoxy) is 1. The van der Waals surface area contributed by atoms with E-state index in [1.807, 2.05) is 24.3 Å². The molecule has 0 heterocycles. The molecule has 3 heteroatoms. The number of rotatable bonds is 2. The SMILES string of the molecule is CC(=O)Oc1cccc([C@@]2(C)C=CC(=O)CC2)c1. The summed E-state index contributed by atoms with van der Waals surface area (Å²) < 4.78 is 5.08. The van der Waals surface area contributed by atoms with Crippen molar-refractivity contribution >= 4 is 11.8 Å². The summed E-state index contributed by atoms with van der Waals surface area (Å²) in [7, 11) is 0. The van der Waals surface area contributed by atoms with Crippen LogP contribution in [0.3, 0.4) is 0 Å². The van der Waals surface area contributed by atoms with Crippen molar-refractivity contribution in [2.45, 2.75) is 32.1 Å². The Hall–Kier alpha value is -1.90. The van der Waals surface area contributed by atoms with Crippen molar-refractivity contribution in [3.05, 3.63) is 42.0 Å². The van der Waals surface area contributed by atoms with Gasteiger partial charge in [0.05, 0.1) is 0 Å². The highest BCUT2D eigenvalue weighted by atomic mass is 16.5. The minimum absolute atomic E-state index is 0.163. The molecule has 1 aromatic carbocycles. The van der Waals surface area contributed by atoms with Gasteiger partial charge in [-0.3, -0.25) is 9.59 Å². The largest absolute Gasteiger partial charge is 0.427 e. The molecule has 0 saturated carbocycles. The maximum atomic E-state index is 11.2. The molecular weight excluding hydrogens is 228 g/mol. The normalized spacial score (nSPS) is 22.9. The lowest BCUT2D eigenvalue weighted by atomic mass is 9.75. The van der Waals surface area contributed by atoms with Crippen LogP contribution in [0, 0.1) is 0 Å².